The topological polar surface area (TPSA) is 46.3 Å². The zero-order valence-electron chi connectivity index (χ0n) is 11.0. The maximum absolute atomic E-state index is 12.5. The number of amides is 1. The zero-order valence-corrected chi connectivity index (χ0v) is 11.0. The zero-order chi connectivity index (χ0) is 12.9. The van der Waals surface area contributed by atoms with Gasteiger partial charge in [-0.2, -0.15) is 0 Å². The summed E-state index contributed by atoms with van der Waals surface area (Å²) in [6.45, 7) is 5.30. The number of benzene rings is 1. The van der Waals surface area contributed by atoms with Crippen molar-refractivity contribution in [1.82, 2.24) is 4.90 Å². The molecule has 1 aliphatic carbocycles. The summed E-state index contributed by atoms with van der Waals surface area (Å²) in [7, 11) is 0. The highest BCUT2D eigenvalue weighted by Crippen LogP contribution is 2.40. The van der Waals surface area contributed by atoms with E-state index in [1.807, 2.05) is 17.0 Å². The summed E-state index contributed by atoms with van der Waals surface area (Å²) in [6, 6.07) is 6.33. The molecule has 1 aliphatic heterocycles. The van der Waals surface area contributed by atoms with Gasteiger partial charge in [-0.05, 0) is 30.4 Å². The molecule has 1 aromatic rings. The summed E-state index contributed by atoms with van der Waals surface area (Å²) in [5.74, 6) is 1.09. The van der Waals surface area contributed by atoms with Crippen LogP contribution in [0.25, 0.3) is 0 Å². The lowest BCUT2D eigenvalue weighted by molar-refractivity contribution is 0.0695. The molecule has 1 unspecified atom stereocenters. The van der Waals surface area contributed by atoms with Crippen LogP contribution in [-0.2, 0) is 0 Å². The summed E-state index contributed by atoms with van der Waals surface area (Å²) >= 11 is 0. The first kappa shape index (κ1) is 11.6. The molecule has 3 nitrogen and oxygen atoms in total. The third-order valence-corrected chi connectivity index (χ3v) is 4.19. The molecule has 0 bridgehead atoms. The fourth-order valence-electron chi connectivity index (χ4n) is 2.95. The second kappa shape index (κ2) is 4.01. The van der Waals surface area contributed by atoms with Crippen LogP contribution < -0.4 is 5.73 Å². The van der Waals surface area contributed by atoms with Crippen LogP contribution in [0.1, 0.15) is 48.5 Å². The summed E-state index contributed by atoms with van der Waals surface area (Å²) in [6.07, 6.45) is 2.30. The van der Waals surface area contributed by atoms with Crippen LogP contribution in [0, 0.1) is 5.92 Å². The first-order valence-electron chi connectivity index (χ1n) is 6.79. The Labute approximate surface area is 108 Å². The van der Waals surface area contributed by atoms with Crippen molar-refractivity contribution in [2.75, 3.05) is 12.3 Å². The summed E-state index contributed by atoms with van der Waals surface area (Å²) < 4.78 is 0. The molecule has 0 aromatic heterocycles. The fourth-order valence-corrected chi connectivity index (χ4v) is 2.95. The molecular formula is C15H20N2O. The molecule has 3 heteroatoms. The lowest BCUT2D eigenvalue weighted by Crippen LogP contribution is -2.43. The molecule has 96 valence electrons. The van der Waals surface area contributed by atoms with Crippen molar-refractivity contribution in [3.05, 3.63) is 29.3 Å². The van der Waals surface area contributed by atoms with Gasteiger partial charge >= 0.3 is 0 Å². The van der Waals surface area contributed by atoms with Crippen molar-refractivity contribution in [2.24, 2.45) is 5.92 Å². The van der Waals surface area contributed by atoms with Gasteiger partial charge in [-0.15, -0.1) is 0 Å². The molecule has 18 heavy (non-hydrogen) atoms. The van der Waals surface area contributed by atoms with E-state index in [0.29, 0.717) is 23.6 Å². The maximum atomic E-state index is 12.5. The number of hydrogen-bond donors (Lipinski definition) is 1. The Balaban J connectivity index is 2.09. The number of fused-ring (bicyclic) bond motifs is 1. The Hall–Kier alpha value is -1.51. The Morgan fingerprint density at radius 2 is 2.06 bits per heavy atom. The van der Waals surface area contributed by atoms with Gasteiger partial charge in [-0.3, -0.25) is 4.79 Å². The Bertz CT molecular complexity index is 491. The molecule has 2 N–H and O–H groups in total. The number of hydrogen-bond acceptors (Lipinski definition) is 2. The van der Waals surface area contributed by atoms with E-state index < -0.39 is 0 Å². The molecule has 1 saturated carbocycles. The van der Waals surface area contributed by atoms with Gasteiger partial charge in [0.1, 0.15) is 0 Å². The van der Waals surface area contributed by atoms with Crippen LogP contribution in [0.2, 0.25) is 0 Å². The lowest BCUT2D eigenvalue weighted by atomic mass is 9.81. The summed E-state index contributed by atoms with van der Waals surface area (Å²) in [5.41, 5.74) is 8.57. The van der Waals surface area contributed by atoms with E-state index in [1.54, 1.807) is 0 Å². The third-order valence-electron chi connectivity index (χ3n) is 4.19. The van der Waals surface area contributed by atoms with Crippen molar-refractivity contribution < 1.29 is 4.79 Å². The van der Waals surface area contributed by atoms with E-state index in [2.05, 4.69) is 19.9 Å². The highest BCUT2D eigenvalue weighted by atomic mass is 16.2. The van der Waals surface area contributed by atoms with Gasteiger partial charge in [0, 0.05) is 24.2 Å². The van der Waals surface area contributed by atoms with Gasteiger partial charge in [0.25, 0.3) is 5.91 Å². The predicted molar refractivity (Wildman–Crippen MR) is 72.5 cm³/mol. The number of nitrogens with two attached hydrogens (primary N) is 1. The highest BCUT2D eigenvalue weighted by Gasteiger charge is 2.40. The van der Waals surface area contributed by atoms with Gasteiger partial charge in [-0.25, -0.2) is 0 Å². The summed E-state index contributed by atoms with van der Waals surface area (Å²) in [4.78, 5) is 14.6. The van der Waals surface area contributed by atoms with Gasteiger partial charge in [0.2, 0.25) is 0 Å². The lowest BCUT2D eigenvalue weighted by Gasteiger charge is -2.37. The number of carbonyl (C=O) groups excluding carboxylic acids is 1. The average molecular weight is 244 g/mol. The number of anilines is 1. The average Bonchev–Trinajstić information content (AvgIpc) is 3.13. The maximum Gasteiger partial charge on any atom is 0.256 e. The van der Waals surface area contributed by atoms with Crippen molar-refractivity contribution in [2.45, 2.75) is 38.6 Å². The third kappa shape index (κ3) is 1.69. The molecule has 0 radical (unpaired) electrons. The van der Waals surface area contributed by atoms with Gasteiger partial charge in [-0.1, -0.05) is 26.0 Å². The number of rotatable bonds is 2. The quantitative estimate of drug-likeness (QED) is 0.813. The standard InChI is InChI=1S/C15H20N2O/c1-9(2)12-8-17(10-6-7-10)15(18)14-11(12)4-3-5-13(14)16/h3-5,9-10,12H,6-8,16H2,1-2H3. The van der Waals surface area contributed by atoms with Crippen LogP contribution in [0.3, 0.4) is 0 Å². The molecule has 1 heterocycles. The van der Waals surface area contributed by atoms with Crippen molar-refractivity contribution in [3.63, 3.8) is 0 Å². The largest absolute Gasteiger partial charge is 0.398 e. The normalized spacial score (nSPS) is 23.4. The van der Waals surface area contributed by atoms with Crippen molar-refractivity contribution in [3.8, 4) is 0 Å². The Kier molecular flexibility index (Phi) is 2.58. The molecule has 1 aromatic carbocycles. The minimum atomic E-state index is 0.141. The molecule has 0 saturated heterocycles. The van der Waals surface area contributed by atoms with Gasteiger partial charge < -0.3 is 10.6 Å². The second-order valence-corrected chi connectivity index (χ2v) is 5.85. The van der Waals surface area contributed by atoms with Crippen LogP contribution in [0.4, 0.5) is 5.69 Å². The van der Waals surface area contributed by atoms with E-state index in [1.165, 1.54) is 0 Å². The fraction of sp³-hybridized carbons (Fsp3) is 0.533. The monoisotopic (exact) mass is 244 g/mol. The van der Waals surface area contributed by atoms with E-state index in [0.717, 1.165) is 30.5 Å². The van der Waals surface area contributed by atoms with Crippen molar-refractivity contribution in [1.29, 1.82) is 0 Å². The van der Waals surface area contributed by atoms with Crippen LogP contribution in [0.5, 0.6) is 0 Å². The van der Waals surface area contributed by atoms with Crippen molar-refractivity contribution >= 4 is 11.6 Å². The molecule has 3 rings (SSSR count). The molecule has 2 aliphatic rings. The number of nitrogen functional groups attached to an aromatic ring is 1. The molecule has 1 atom stereocenters. The van der Waals surface area contributed by atoms with E-state index in [-0.39, 0.29) is 5.91 Å². The first-order chi connectivity index (χ1) is 8.59. The number of nitrogens with zero attached hydrogens (tertiary/aromatic N) is 1. The SMILES string of the molecule is CC(C)C1CN(C2CC2)C(=O)c2c(N)cccc21. The predicted octanol–water partition coefficient (Wildman–Crippen LogP) is 2.63. The Morgan fingerprint density at radius 3 is 2.67 bits per heavy atom. The number of carbonyl (C=O) groups is 1. The first-order valence-corrected chi connectivity index (χ1v) is 6.79. The van der Waals surface area contributed by atoms with E-state index >= 15 is 0 Å². The molecule has 1 amide bonds. The van der Waals surface area contributed by atoms with Crippen LogP contribution in [0.15, 0.2) is 18.2 Å². The van der Waals surface area contributed by atoms with Gasteiger partial charge in [0.05, 0.1) is 5.56 Å². The van der Waals surface area contributed by atoms with E-state index in [9.17, 15) is 4.79 Å². The smallest absolute Gasteiger partial charge is 0.256 e. The van der Waals surface area contributed by atoms with Crippen LogP contribution in [-0.4, -0.2) is 23.4 Å². The van der Waals surface area contributed by atoms with Crippen LogP contribution >= 0.6 is 0 Å². The minimum absolute atomic E-state index is 0.141. The second-order valence-electron chi connectivity index (χ2n) is 5.85. The van der Waals surface area contributed by atoms with Gasteiger partial charge in [0.15, 0.2) is 0 Å². The summed E-state index contributed by atoms with van der Waals surface area (Å²) in [5, 5.41) is 0. The highest BCUT2D eigenvalue weighted by molar-refractivity contribution is 6.02. The minimum Gasteiger partial charge on any atom is -0.398 e. The van der Waals surface area contributed by atoms with E-state index in [4.69, 9.17) is 5.73 Å². The molecule has 0 spiro atoms. The molecule has 1 fully saturated rings. The molecular weight excluding hydrogens is 224 g/mol. The Morgan fingerprint density at radius 1 is 1.33 bits per heavy atom.